The molecule has 0 unspecified atom stereocenters. The van der Waals surface area contributed by atoms with E-state index in [1.807, 2.05) is 25.1 Å². The number of rotatable bonds is 3. The molecule has 1 heterocycles. The number of halogens is 1. The molecular weight excluding hydrogens is 272 g/mol. The molecule has 0 aliphatic carbocycles. The van der Waals surface area contributed by atoms with Crippen LogP contribution in [0.1, 0.15) is 16.1 Å². The van der Waals surface area contributed by atoms with Gasteiger partial charge in [-0.05, 0) is 46.6 Å². The summed E-state index contributed by atoms with van der Waals surface area (Å²) in [5.41, 5.74) is 1.13. The van der Waals surface area contributed by atoms with Crippen molar-refractivity contribution in [1.29, 1.82) is 0 Å². The van der Waals surface area contributed by atoms with E-state index in [9.17, 15) is 4.79 Å². The Morgan fingerprint density at radius 1 is 1.31 bits per heavy atom. The topological polar surface area (TPSA) is 39.4 Å². The number of hydrogen-bond acceptors (Lipinski definition) is 3. The van der Waals surface area contributed by atoms with E-state index in [4.69, 9.17) is 9.15 Å². The van der Waals surface area contributed by atoms with Gasteiger partial charge in [0.2, 0.25) is 0 Å². The number of carbonyl (C=O) groups excluding carboxylic acids is 1. The van der Waals surface area contributed by atoms with E-state index < -0.39 is 0 Å². The smallest absolute Gasteiger partial charge is 0.290 e. The Hall–Kier alpha value is -1.55. The summed E-state index contributed by atoms with van der Waals surface area (Å²) in [6.45, 7) is 1.99. The third kappa shape index (κ3) is 2.33. The number of aldehydes is 1. The molecule has 0 saturated carbocycles. The fraction of sp³-hybridized carbons (Fsp3) is 0.0833. The Kier molecular flexibility index (Phi) is 3.10. The summed E-state index contributed by atoms with van der Waals surface area (Å²) in [5, 5.41) is 0. The monoisotopic (exact) mass is 280 g/mol. The molecule has 2 rings (SSSR count). The summed E-state index contributed by atoms with van der Waals surface area (Å²) < 4.78 is 11.4. The van der Waals surface area contributed by atoms with Crippen LogP contribution in [0.25, 0.3) is 0 Å². The minimum Gasteiger partial charge on any atom is -0.425 e. The first-order chi connectivity index (χ1) is 7.69. The normalized spacial score (nSPS) is 10.1. The van der Waals surface area contributed by atoms with Crippen molar-refractivity contribution < 1.29 is 13.9 Å². The van der Waals surface area contributed by atoms with Gasteiger partial charge in [-0.2, -0.15) is 0 Å². The van der Waals surface area contributed by atoms with Gasteiger partial charge >= 0.3 is 0 Å². The van der Waals surface area contributed by atoms with Crippen LogP contribution < -0.4 is 4.74 Å². The Morgan fingerprint density at radius 2 is 2.12 bits per heavy atom. The average Bonchev–Trinajstić information content (AvgIpc) is 2.70. The zero-order chi connectivity index (χ0) is 11.5. The van der Waals surface area contributed by atoms with Crippen LogP contribution in [-0.4, -0.2) is 6.29 Å². The molecule has 4 heteroatoms. The van der Waals surface area contributed by atoms with E-state index in [-0.39, 0.29) is 5.76 Å². The van der Waals surface area contributed by atoms with E-state index in [1.54, 1.807) is 12.1 Å². The van der Waals surface area contributed by atoms with Gasteiger partial charge in [0.05, 0.1) is 4.47 Å². The SMILES string of the molecule is Cc1ccc(Oc2ccc(C=O)o2)c(Br)c1. The molecule has 82 valence electrons. The summed E-state index contributed by atoms with van der Waals surface area (Å²) in [7, 11) is 0. The standard InChI is InChI=1S/C12H9BrO3/c1-8-2-4-11(10(13)6-8)16-12-5-3-9(7-14)15-12/h2-7H,1H3. The second kappa shape index (κ2) is 4.53. The van der Waals surface area contributed by atoms with Crippen LogP contribution in [0.2, 0.25) is 0 Å². The maximum Gasteiger partial charge on any atom is 0.290 e. The molecule has 16 heavy (non-hydrogen) atoms. The Bertz CT molecular complexity index is 517. The van der Waals surface area contributed by atoms with E-state index >= 15 is 0 Å². The quantitative estimate of drug-likeness (QED) is 0.799. The van der Waals surface area contributed by atoms with Crippen molar-refractivity contribution in [1.82, 2.24) is 0 Å². The molecular formula is C12H9BrO3. The molecule has 0 saturated heterocycles. The molecule has 1 aromatic heterocycles. The maximum atomic E-state index is 10.4. The van der Waals surface area contributed by atoms with Gasteiger partial charge in [0, 0.05) is 6.07 Å². The summed E-state index contributed by atoms with van der Waals surface area (Å²) in [6.07, 6.45) is 0.636. The second-order valence-electron chi connectivity index (χ2n) is 3.31. The molecule has 0 aliphatic rings. The number of furan rings is 1. The van der Waals surface area contributed by atoms with Crippen molar-refractivity contribution in [2.45, 2.75) is 6.92 Å². The predicted molar refractivity (Wildman–Crippen MR) is 63.0 cm³/mol. The molecule has 2 aromatic rings. The van der Waals surface area contributed by atoms with Crippen molar-refractivity contribution in [3.8, 4) is 11.7 Å². The summed E-state index contributed by atoms with van der Waals surface area (Å²) >= 11 is 3.39. The number of benzene rings is 1. The summed E-state index contributed by atoms with van der Waals surface area (Å²) in [5.74, 6) is 1.20. The lowest BCUT2D eigenvalue weighted by Crippen LogP contribution is -1.84. The number of ether oxygens (including phenoxy) is 1. The van der Waals surface area contributed by atoms with Gasteiger partial charge < -0.3 is 9.15 Å². The van der Waals surface area contributed by atoms with Gasteiger partial charge in [0.15, 0.2) is 12.0 Å². The van der Waals surface area contributed by atoms with Crippen molar-refractivity contribution >= 4 is 22.2 Å². The summed E-state index contributed by atoms with van der Waals surface area (Å²) in [6, 6.07) is 8.88. The van der Waals surface area contributed by atoms with Gasteiger partial charge in [-0.1, -0.05) is 6.07 Å². The highest BCUT2D eigenvalue weighted by Gasteiger charge is 2.06. The van der Waals surface area contributed by atoms with Gasteiger partial charge in [-0.15, -0.1) is 0 Å². The lowest BCUT2D eigenvalue weighted by molar-refractivity contribution is 0.109. The highest BCUT2D eigenvalue weighted by atomic mass is 79.9. The van der Waals surface area contributed by atoms with Crippen LogP contribution in [-0.2, 0) is 0 Å². The molecule has 0 aliphatic heterocycles. The Morgan fingerprint density at radius 3 is 2.75 bits per heavy atom. The fourth-order valence-corrected chi connectivity index (χ4v) is 1.82. The second-order valence-corrected chi connectivity index (χ2v) is 4.16. The highest BCUT2D eigenvalue weighted by molar-refractivity contribution is 9.10. The molecule has 0 N–H and O–H groups in total. The van der Waals surface area contributed by atoms with Gasteiger partial charge in [0.25, 0.3) is 5.95 Å². The zero-order valence-corrected chi connectivity index (χ0v) is 10.2. The van der Waals surface area contributed by atoms with Gasteiger partial charge in [-0.3, -0.25) is 4.79 Å². The van der Waals surface area contributed by atoms with Crippen LogP contribution in [0.15, 0.2) is 39.2 Å². The van der Waals surface area contributed by atoms with E-state index in [2.05, 4.69) is 15.9 Å². The fourth-order valence-electron chi connectivity index (χ4n) is 1.25. The lowest BCUT2D eigenvalue weighted by Gasteiger charge is -2.04. The number of aryl methyl sites for hydroxylation is 1. The molecule has 0 fully saturated rings. The predicted octanol–water partition coefficient (Wildman–Crippen LogP) is 3.96. The summed E-state index contributed by atoms with van der Waals surface area (Å²) in [4.78, 5) is 10.4. The Labute approximate surface area is 101 Å². The van der Waals surface area contributed by atoms with Gasteiger partial charge in [-0.25, -0.2) is 0 Å². The molecule has 0 amide bonds. The highest BCUT2D eigenvalue weighted by Crippen LogP contribution is 2.30. The maximum absolute atomic E-state index is 10.4. The first-order valence-corrected chi connectivity index (χ1v) is 5.47. The molecule has 3 nitrogen and oxygen atoms in total. The number of carbonyl (C=O) groups is 1. The van der Waals surface area contributed by atoms with Crippen LogP contribution in [0.3, 0.4) is 0 Å². The van der Waals surface area contributed by atoms with Crippen LogP contribution in [0.5, 0.6) is 11.7 Å². The molecule has 0 radical (unpaired) electrons. The van der Waals surface area contributed by atoms with Crippen LogP contribution in [0.4, 0.5) is 0 Å². The van der Waals surface area contributed by atoms with Crippen molar-refractivity contribution in [2.75, 3.05) is 0 Å². The molecule has 0 bridgehead atoms. The van der Waals surface area contributed by atoms with Crippen LogP contribution in [0, 0.1) is 6.92 Å². The van der Waals surface area contributed by atoms with Crippen LogP contribution >= 0.6 is 15.9 Å². The van der Waals surface area contributed by atoms with Crippen molar-refractivity contribution in [3.05, 3.63) is 46.1 Å². The first-order valence-electron chi connectivity index (χ1n) is 4.68. The largest absolute Gasteiger partial charge is 0.425 e. The van der Waals surface area contributed by atoms with E-state index in [1.165, 1.54) is 0 Å². The third-order valence-corrected chi connectivity index (χ3v) is 2.64. The number of hydrogen-bond donors (Lipinski definition) is 0. The minimum atomic E-state index is 0.248. The zero-order valence-electron chi connectivity index (χ0n) is 8.57. The minimum absolute atomic E-state index is 0.248. The first kappa shape index (κ1) is 11.0. The van der Waals surface area contributed by atoms with Gasteiger partial charge in [0.1, 0.15) is 5.75 Å². The Balaban J connectivity index is 2.23. The van der Waals surface area contributed by atoms with Crippen molar-refractivity contribution in [3.63, 3.8) is 0 Å². The molecule has 0 atom stereocenters. The lowest BCUT2D eigenvalue weighted by atomic mass is 10.2. The third-order valence-electron chi connectivity index (χ3n) is 2.02. The molecule has 0 spiro atoms. The molecule has 1 aromatic carbocycles. The van der Waals surface area contributed by atoms with E-state index in [0.717, 1.165) is 10.0 Å². The van der Waals surface area contributed by atoms with Crippen molar-refractivity contribution in [2.24, 2.45) is 0 Å². The average molecular weight is 281 g/mol. The van der Waals surface area contributed by atoms with E-state index in [0.29, 0.717) is 18.0 Å².